The second-order valence-electron chi connectivity index (χ2n) is 3.32. The van der Waals surface area contributed by atoms with Crippen molar-refractivity contribution in [3.8, 4) is 0 Å². The van der Waals surface area contributed by atoms with Gasteiger partial charge in [0.1, 0.15) is 0 Å². The zero-order valence-corrected chi connectivity index (χ0v) is 9.78. The molecule has 4 nitrogen and oxygen atoms in total. The van der Waals surface area contributed by atoms with Crippen LogP contribution in [-0.2, 0) is 9.09 Å². The van der Waals surface area contributed by atoms with Gasteiger partial charge in [-0.3, -0.25) is 4.57 Å². The van der Waals surface area contributed by atoms with Crippen molar-refractivity contribution in [2.24, 2.45) is 5.92 Å². The molecule has 2 atom stereocenters. The second-order valence-corrected chi connectivity index (χ2v) is 4.61. The van der Waals surface area contributed by atoms with Crippen molar-refractivity contribution in [1.29, 1.82) is 0 Å². The first-order valence-electron chi connectivity index (χ1n) is 5.01. The quantitative estimate of drug-likeness (QED) is 0.639. The number of unbranched alkanes of at least 4 members (excludes halogenated alkanes) is 1. The smallest absolute Gasteiger partial charge is 0.386 e. The molecule has 5 heteroatoms. The van der Waals surface area contributed by atoms with Gasteiger partial charge >= 0.3 is 5.71 Å². The Bertz CT molecular complexity index is 193. The maximum atomic E-state index is 10.8. The van der Waals surface area contributed by atoms with Crippen LogP contribution in [0.5, 0.6) is 0 Å². The molecule has 0 aromatic carbocycles. The largest absolute Gasteiger partial charge is 0.474 e. The molecule has 2 unspecified atom stereocenters. The summed E-state index contributed by atoms with van der Waals surface area (Å²) in [5.74, 6) is 0.336. The van der Waals surface area contributed by atoms with Gasteiger partial charge in [0.15, 0.2) is 0 Å². The zero-order valence-electron chi connectivity index (χ0n) is 8.78. The van der Waals surface area contributed by atoms with Crippen LogP contribution < -0.4 is 0 Å². The summed E-state index contributed by atoms with van der Waals surface area (Å²) in [6, 6.07) is 0. The first-order chi connectivity index (χ1) is 6.61. The maximum Gasteiger partial charge on any atom is 0.386 e. The number of rotatable bonds is 8. The van der Waals surface area contributed by atoms with Crippen LogP contribution in [0, 0.1) is 5.92 Å². The van der Waals surface area contributed by atoms with Gasteiger partial charge in [-0.15, -0.1) is 0 Å². The molecule has 0 aliphatic rings. The molecular formula is C9H19O4P. The summed E-state index contributed by atoms with van der Waals surface area (Å²) in [5, 5.41) is 8.35. The summed E-state index contributed by atoms with van der Waals surface area (Å²) in [7, 11) is -2.87. The van der Waals surface area contributed by atoms with Gasteiger partial charge in [0.05, 0.1) is 6.61 Å². The van der Waals surface area contributed by atoms with E-state index in [0.29, 0.717) is 12.5 Å². The van der Waals surface area contributed by atoms with Gasteiger partial charge in [0.2, 0.25) is 0 Å². The normalized spacial score (nSPS) is 15.0. The van der Waals surface area contributed by atoms with Crippen molar-refractivity contribution in [3.63, 3.8) is 0 Å². The van der Waals surface area contributed by atoms with Crippen molar-refractivity contribution in [2.75, 3.05) is 6.61 Å². The van der Waals surface area contributed by atoms with Crippen LogP contribution in [0.2, 0.25) is 0 Å². The fourth-order valence-corrected chi connectivity index (χ4v) is 1.66. The Hall–Kier alpha value is -0.340. The molecule has 0 amide bonds. The molecule has 0 saturated heterocycles. The Kier molecular flexibility index (Phi) is 7.81. The van der Waals surface area contributed by atoms with Crippen molar-refractivity contribution in [2.45, 2.75) is 39.5 Å². The molecule has 0 fully saturated rings. The number of carbonyl (C=O) groups is 1. The van der Waals surface area contributed by atoms with Crippen molar-refractivity contribution in [3.05, 3.63) is 0 Å². The second kappa shape index (κ2) is 8.01. The van der Waals surface area contributed by atoms with E-state index in [9.17, 15) is 9.36 Å². The Balaban J connectivity index is 3.71. The van der Waals surface area contributed by atoms with Crippen molar-refractivity contribution < 1.29 is 19.0 Å². The minimum Gasteiger partial charge on any atom is -0.474 e. The van der Waals surface area contributed by atoms with Gasteiger partial charge < -0.3 is 9.63 Å². The third kappa shape index (κ3) is 6.17. The monoisotopic (exact) mass is 222 g/mol. The van der Waals surface area contributed by atoms with Crippen LogP contribution in [0.3, 0.4) is 0 Å². The van der Waals surface area contributed by atoms with Gasteiger partial charge in [-0.2, -0.15) is 0 Å². The van der Waals surface area contributed by atoms with Crippen LogP contribution in [-0.4, -0.2) is 17.4 Å². The average Bonchev–Trinajstić information content (AvgIpc) is 2.17. The first-order valence-corrected chi connectivity index (χ1v) is 6.33. The van der Waals surface area contributed by atoms with E-state index in [-0.39, 0.29) is 0 Å². The summed E-state index contributed by atoms with van der Waals surface area (Å²) in [5.41, 5.74) is -1.33. The molecule has 0 aliphatic carbocycles. The van der Waals surface area contributed by atoms with Crippen LogP contribution in [0.1, 0.15) is 39.5 Å². The molecule has 14 heavy (non-hydrogen) atoms. The maximum absolute atomic E-state index is 10.8. The highest BCUT2D eigenvalue weighted by atomic mass is 31.1. The molecule has 0 rings (SSSR count). The lowest BCUT2D eigenvalue weighted by Gasteiger charge is -2.13. The third-order valence-electron chi connectivity index (χ3n) is 2.17. The lowest BCUT2D eigenvalue weighted by atomic mass is 10.0. The van der Waals surface area contributed by atoms with E-state index in [1.165, 1.54) is 0 Å². The highest BCUT2D eigenvalue weighted by molar-refractivity contribution is 7.58. The van der Waals surface area contributed by atoms with E-state index in [4.69, 9.17) is 9.63 Å². The van der Waals surface area contributed by atoms with E-state index in [2.05, 4.69) is 6.92 Å². The lowest BCUT2D eigenvalue weighted by Crippen LogP contribution is -2.06. The van der Waals surface area contributed by atoms with E-state index >= 15 is 0 Å². The number of carboxylic acid groups (broad SMARTS) is 1. The minimum atomic E-state index is -2.87. The SMILES string of the molecule is CCCCC(CC)CO[PH](=O)C(=O)O. The fourth-order valence-electron chi connectivity index (χ4n) is 1.15. The predicted octanol–water partition coefficient (Wildman–Crippen LogP) is 3.37. The molecule has 0 bridgehead atoms. The van der Waals surface area contributed by atoms with Gasteiger partial charge in [-0.25, -0.2) is 4.79 Å². The average molecular weight is 222 g/mol. The first kappa shape index (κ1) is 13.7. The molecule has 0 heterocycles. The topological polar surface area (TPSA) is 63.6 Å². The van der Waals surface area contributed by atoms with E-state index in [1.807, 2.05) is 6.92 Å². The Morgan fingerprint density at radius 1 is 1.50 bits per heavy atom. The molecule has 84 valence electrons. The molecule has 0 spiro atoms. The highest BCUT2D eigenvalue weighted by Crippen LogP contribution is 2.25. The Morgan fingerprint density at radius 3 is 2.57 bits per heavy atom. The van der Waals surface area contributed by atoms with Crippen LogP contribution >= 0.6 is 8.03 Å². The van der Waals surface area contributed by atoms with E-state index in [0.717, 1.165) is 25.7 Å². The third-order valence-corrected chi connectivity index (χ3v) is 2.95. The molecule has 0 radical (unpaired) electrons. The Morgan fingerprint density at radius 2 is 2.14 bits per heavy atom. The van der Waals surface area contributed by atoms with Gasteiger partial charge in [-0.1, -0.05) is 33.1 Å². The standard InChI is InChI=1S/C9H19O4P/c1-3-5-6-8(4-2)7-13-14(12)9(10)11/h8,14H,3-7H2,1-2H3,(H,10,11). The van der Waals surface area contributed by atoms with E-state index < -0.39 is 13.7 Å². The summed E-state index contributed by atoms with van der Waals surface area (Å²) >= 11 is 0. The number of hydrogen-bond acceptors (Lipinski definition) is 3. The van der Waals surface area contributed by atoms with Crippen LogP contribution in [0.4, 0.5) is 4.79 Å². The minimum absolute atomic E-state index is 0.306. The van der Waals surface area contributed by atoms with Crippen molar-refractivity contribution >= 4 is 13.7 Å². The molecule has 0 aromatic heterocycles. The molecule has 0 aliphatic heterocycles. The molecule has 0 aromatic rings. The molecular weight excluding hydrogens is 203 g/mol. The zero-order chi connectivity index (χ0) is 11.0. The summed E-state index contributed by atoms with van der Waals surface area (Å²) in [6.07, 6.45) is 4.18. The summed E-state index contributed by atoms with van der Waals surface area (Å²) in [6.45, 7) is 4.44. The predicted molar refractivity (Wildman–Crippen MR) is 56.3 cm³/mol. The molecule has 0 saturated carbocycles. The summed E-state index contributed by atoms with van der Waals surface area (Å²) < 4.78 is 15.6. The lowest BCUT2D eigenvalue weighted by molar-refractivity contribution is 0.204. The fraction of sp³-hybridized carbons (Fsp3) is 0.889. The Labute approximate surface area is 85.5 Å². The molecule has 1 N–H and O–H groups in total. The van der Waals surface area contributed by atoms with Gasteiger partial charge in [-0.05, 0) is 12.3 Å². The van der Waals surface area contributed by atoms with Crippen molar-refractivity contribution in [1.82, 2.24) is 0 Å². The van der Waals surface area contributed by atoms with Crippen LogP contribution in [0.25, 0.3) is 0 Å². The van der Waals surface area contributed by atoms with E-state index in [1.54, 1.807) is 0 Å². The summed E-state index contributed by atoms with van der Waals surface area (Å²) in [4.78, 5) is 10.2. The van der Waals surface area contributed by atoms with Gasteiger partial charge in [0.25, 0.3) is 8.03 Å². The number of hydrogen-bond donors (Lipinski definition) is 1. The van der Waals surface area contributed by atoms with Crippen LogP contribution in [0.15, 0.2) is 0 Å². The van der Waals surface area contributed by atoms with Gasteiger partial charge in [0, 0.05) is 0 Å². The highest BCUT2D eigenvalue weighted by Gasteiger charge is 2.12.